The fraction of sp³-hybridized carbons (Fsp3) is 0.400. The summed E-state index contributed by atoms with van der Waals surface area (Å²) in [4.78, 5) is 15.3. The molecule has 0 saturated carbocycles. The predicted molar refractivity (Wildman–Crippen MR) is 85.4 cm³/mol. The third-order valence-corrected chi connectivity index (χ3v) is 2.87. The van der Waals surface area contributed by atoms with Crippen LogP contribution in [0.3, 0.4) is 0 Å². The topological polar surface area (TPSA) is 66.0 Å². The number of aromatic nitrogens is 3. The van der Waals surface area contributed by atoms with Crippen LogP contribution in [0.4, 0.5) is 11.8 Å². The van der Waals surface area contributed by atoms with Crippen molar-refractivity contribution in [3.63, 3.8) is 0 Å². The van der Waals surface area contributed by atoms with Gasteiger partial charge in [-0.3, -0.25) is 4.98 Å². The molecule has 0 aliphatic heterocycles. The molecule has 0 aromatic carbocycles. The maximum atomic E-state index is 4.47. The zero-order valence-corrected chi connectivity index (χ0v) is 12.8. The number of pyridine rings is 1. The third-order valence-electron chi connectivity index (χ3n) is 2.87. The van der Waals surface area contributed by atoms with Crippen molar-refractivity contribution >= 4 is 11.8 Å². The normalized spacial score (nSPS) is 10.7. The molecule has 0 aliphatic carbocycles. The maximum absolute atomic E-state index is 4.47. The van der Waals surface area contributed by atoms with Crippen LogP contribution >= 0.6 is 0 Å². The predicted octanol–water partition coefficient (Wildman–Crippen LogP) is 1.77. The number of nitrogens with zero attached hydrogens (tertiary/aromatic N) is 4. The van der Waals surface area contributed by atoms with Crippen LogP contribution in [0.5, 0.6) is 0 Å². The lowest BCUT2D eigenvalue weighted by atomic mass is 10.3. The monoisotopic (exact) mass is 286 g/mol. The Hall–Kier alpha value is -2.21. The van der Waals surface area contributed by atoms with E-state index in [9.17, 15) is 0 Å². The summed E-state index contributed by atoms with van der Waals surface area (Å²) in [6.45, 7) is 4.38. The molecule has 0 spiro atoms. The molecule has 2 N–H and O–H groups in total. The van der Waals surface area contributed by atoms with E-state index < -0.39 is 0 Å². The summed E-state index contributed by atoms with van der Waals surface area (Å²) in [6.07, 6.45) is 1.78. The van der Waals surface area contributed by atoms with E-state index in [1.165, 1.54) is 0 Å². The van der Waals surface area contributed by atoms with Crippen molar-refractivity contribution in [2.75, 3.05) is 37.8 Å². The molecule has 0 unspecified atom stereocenters. The van der Waals surface area contributed by atoms with Crippen molar-refractivity contribution in [1.29, 1.82) is 0 Å². The molecule has 2 rings (SSSR count). The van der Waals surface area contributed by atoms with Crippen LogP contribution in [-0.4, -0.2) is 47.0 Å². The summed E-state index contributed by atoms with van der Waals surface area (Å²) in [6, 6.07) is 7.79. The molecule has 21 heavy (non-hydrogen) atoms. The second-order valence-corrected chi connectivity index (χ2v) is 5.12. The van der Waals surface area contributed by atoms with Gasteiger partial charge >= 0.3 is 0 Å². The smallest absolute Gasteiger partial charge is 0.225 e. The van der Waals surface area contributed by atoms with Gasteiger partial charge in [-0.2, -0.15) is 4.98 Å². The number of nitrogens with one attached hydrogen (secondary N) is 2. The molecule has 2 aromatic rings. The highest BCUT2D eigenvalue weighted by molar-refractivity contribution is 5.42. The zero-order valence-electron chi connectivity index (χ0n) is 12.8. The molecule has 2 aromatic heterocycles. The average molecular weight is 286 g/mol. The number of aryl methyl sites for hydroxylation is 1. The van der Waals surface area contributed by atoms with E-state index in [2.05, 4.69) is 30.5 Å². The number of hydrogen-bond acceptors (Lipinski definition) is 6. The Labute approximate surface area is 125 Å². The summed E-state index contributed by atoms with van der Waals surface area (Å²) in [5, 5.41) is 6.51. The van der Waals surface area contributed by atoms with Gasteiger partial charge in [0.2, 0.25) is 5.95 Å². The van der Waals surface area contributed by atoms with Gasteiger partial charge in [0.25, 0.3) is 0 Å². The van der Waals surface area contributed by atoms with E-state index in [-0.39, 0.29) is 0 Å². The molecule has 6 heteroatoms. The molecule has 0 aliphatic rings. The molecule has 0 fully saturated rings. The minimum atomic E-state index is 0.613. The molecular weight excluding hydrogens is 264 g/mol. The molecule has 0 bridgehead atoms. The molecular formula is C15H22N6. The first kappa shape index (κ1) is 15.2. The highest BCUT2D eigenvalue weighted by Crippen LogP contribution is 2.10. The molecule has 6 nitrogen and oxygen atoms in total. The van der Waals surface area contributed by atoms with E-state index >= 15 is 0 Å². The van der Waals surface area contributed by atoms with E-state index in [0.717, 1.165) is 30.3 Å². The Bertz CT molecular complexity index is 555. The number of anilines is 2. The van der Waals surface area contributed by atoms with Gasteiger partial charge in [0, 0.05) is 31.0 Å². The van der Waals surface area contributed by atoms with E-state index in [1.807, 2.05) is 45.3 Å². The Balaban J connectivity index is 1.94. The fourth-order valence-corrected chi connectivity index (χ4v) is 1.82. The summed E-state index contributed by atoms with van der Waals surface area (Å²) in [5.41, 5.74) is 1.89. The molecule has 0 saturated heterocycles. The van der Waals surface area contributed by atoms with Crippen LogP contribution in [0.1, 0.15) is 11.4 Å². The summed E-state index contributed by atoms with van der Waals surface area (Å²) < 4.78 is 0. The molecule has 0 radical (unpaired) electrons. The minimum absolute atomic E-state index is 0.613. The standard InChI is InChI=1S/C15H22N6/c1-12-10-14(17-8-9-21(2)3)20-15(19-12)18-11-13-6-4-5-7-16-13/h4-7,10H,8-9,11H2,1-3H3,(H2,17,18,19,20). The number of hydrogen-bond donors (Lipinski definition) is 2. The van der Waals surface area contributed by atoms with Gasteiger partial charge in [-0.1, -0.05) is 6.07 Å². The van der Waals surface area contributed by atoms with Gasteiger partial charge < -0.3 is 15.5 Å². The van der Waals surface area contributed by atoms with Crippen LogP contribution in [-0.2, 0) is 6.54 Å². The van der Waals surface area contributed by atoms with Crippen LogP contribution in [0.2, 0.25) is 0 Å². The fourth-order valence-electron chi connectivity index (χ4n) is 1.82. The van der Waals surface area contributed by atoms with E-state index in [4.69, 9.17) is 0 Å². The Morgan fingerprint density at radius 1 is 1.14 bits per heavy atom. The second-order valence-electron chi connectivity index (χ2n) is 5.12. The van der Waals surface area contributed by atoms with Crippen molar-refractivity contribution in [2.24, 2.45) is 0 Å². The molecule has 0 atom stereocenters. The highest BCUT2D eigenvalue weighted by atomic mass is 15.2. The second kappa shape index (κ2) is 7.54. The highest BCUT2D eigenvalue weighted by Gasteiger charge is 2.02. The largest absolute Gasteiger partial charge is 0.369 e. The van der Waals surface area contributed by atoms with E-state index in [0.29, 0.717) is 12.5 Å². The molecule has 112 valence electrons. The minimum Gasteiger partial charge on any atom is -0.369 e. The summed E-state index contributed by atoms with van der Waals surface area (Å²) >= 11 is 0. The first-order valence-electron chi connectivity index (χ1n) is 7.01. The van der Waals surface area contributed by atoms with E-state index in [1.54, 1.807) is 6.20 Å². The lowest BCUT2D eigenvalue weighted by molar-refractivity contribution is 0.425. The SMILES string of the molecule is Cc1cc(NCCN(C)C)nc(NCc2ccccn2)n1. The molecule has 2 heterocycles. The Kier molecular flexibility index (Phi) is 5.45. The van der Waals surface area contributed by atoms with Crippen molar-refractivity contribution < 1.29 is 0 Å². The Morgan fingerprint density at radius 3 is 2.71 bits per heavy atom. The first-order chi connectivity index (χ1) is 10.1. The van der Waals surface area contributed by atoms with Gasteiger partial charge in [0.05, 0.1) is 12.2 Å². The lowest BCUT2D eigenvalue weighted by Crippen LogP contribution is -2.21. The van der Waals surface area contributed by atoms with Crippen molar-refractivity contribution in [1.82, 2.24) is 19.9 Å². The average Bonchev–Trinajstić information content (AvgIpc) is 2.45. The van der Waals surface area contributed by atoms with Crippen LogP contribution in [0.25, 0.3) is 0 Å². The number of likely N-dealkylation sites (N-methyl/N-ethyl adjacent to an activating group) is 1. The van der Waals surface area contributed by atoms with Crippen LogP contribution in [0.15, 0.2) is 30.5 Å². The van der Waals surface area contributed by atoms with Crippen molar-refractivity contribution in [3.05, 3.63) is 41.9 Å². The van der Waals surface area contributed by atoms with Gasteiger partial charge in [-0.25, -0.2) is 4.98 Å². The first-order valence-corrected chi connectivity index (χ1v) is 7.01. The van der Waals surface area contributed by atoms with Gasteiger partial charge in [0.1, 0.15) is 5.82 Å². The number of rotatable bonds is 7. The summed E-state index contributed by atoms with van der Waals surface area (Å²) in [7, 11) is 4.10. The van der Waals surface area contributed by atoms with Crippen LogP contribution in [0, 0.1) is 6.92 Å². The molecule has 0 amide bonds. The lowest BCUT2D eigenvalue weighted by Gasteiger charge is -2.12. The third kappa shape index (κ3) is 5.35. The van der Waals surface area contributed by atoms with Gasteiger partial charge in [-0.05, 0) is 33.2 Å². The van der Waals surface area contributed by atoms with Gasteiger partial charge in [0.15, 0.2) is 0 Å². The maximum Gasteiger partial charge on any atom is 0.225 e. The zero-order chi connectivity index (χ0) is 15.1. The summed E-state index contributed by atoms with van der Waals surface area (Å²) in [5.74, 6) is 1.46. The Morgan fingerprint density at radius 2 is 2.00 bits per heavy atom. The van der Waals surface area contributed by atoms with Crippen molar-refractivity contribution in [3.8, 4) is 0 Å². The van der Waals surface area contributed by atoms with Gasteiger partial charge in [-0.15, -0.1) is 0 Å². The quantitative estimate of drug-likeness (QED) is 0.808. The van der Waals surface area contributed by atoms with Crippen LogP contribution < -0.4 is 10.6 Å². The van der Waals surface area contributed by atoms with Crippen molar-refractivity contribution in [2.45, 2.75) is 13.5 Å².